The molecule has 0 fully saturated rings. The average molecular weight is 1310 g/mol. The number of phenols is 1. The van der Waals surface area contributed by atoms with Crippen molar-refractivity contribution in [2.45, 2.75) is 167 Å². The van der Waals surface area contributed by atoms with Crippen LogP contribution in [0.4, 0.5) is 5.69 Å². The maximum Gasteiger partial charge on any atom is 0.313 e. The van der Waals surface area contributed by atoms with Crippen LogP contribution in [0.2, 0.25) is 0 Å². The van der Waals surface area contributed by atoms with E-state index in [4.69, 9.17) is 21.9 Å². The largest absolute Gasteiger partial charge is 0.508 e. The van der Waals surface area contributed by atoms with Crippen LogP contribution in [0, 0.1) is 17.8 Å². The summed E-state index contributed by atoms with van der Waals surface area (Å²) in [5.74, 6) is -11.9. The molecule has 4 rings (SSSR count). The van der Waals surface area contributed by atoms with Gasteiger partial charge in [0, 0.05) is 31.6 Å². The summed E-state index contributed by atoms with van der Waals surface area (Å²) in [6, 6.07) is 6.68. The minimum Gasteiger partial charge on any atom is -0.508 e. The summed E-state index contributed by atoms with van der Waals surface area (Å²) in [5.41, 5.74) is 18.7. The quantitative estimate of drug-likeness (QED) is 0.0570. The van der Waals surface area contributed by atoms with E-state index < -0.39 is 137 Å². The van der Waals surface area contributed by atoms with Gasteiger partial charge in [-0.3, -0.25) is 57.5 Å². The number of nitrogens with two attached hydrogens (primary N) is 3. The molecule has 1 heterocycles. The summed E-state index contributed by atoms with van der Waals surface area (Å²) >= 11 is 0. The molecule has 0 aliphatic carbocycles. The number of amides is 12. The number of benzene rings is 3. The van der Waals surface area contributed by atoms with Gasteiger partial charge in [0.05, 0.1) is 18.7 Å². The first kappa shape index (κ1) is 77.0. The molecule has 0 saturated heterocycles. The first-order valence-corrected chi connectivity index (χ1v) is 31.6. The van der Waals surface area contributed by atoms with Crippen molar-refractivity contribution >= 4 is 76.6 Å². The Morgan fingerprint density at radius 2 is 1.18 bits per heavy atom. The molecule has 29 heteroatoms. The van der Waals surface area contributed by atoms with E-state index in [9.17, 15) is 62.6 Å². The Hall–Kier alpha value is -9.48. The number of aromatic hydroxyl groups is 1. The Labute approximate surface area is 547 Å². The number of nitrogens with zero attached hydrogens (tertiary/aromatic N) is 2. The molecule has 0 radical (unpaired) electrons. The molecule has 17 N–H and O–H groups in total. The minimum atomic E-state index is -1.50. The predicted molar refractivity (Wildman–Crippen MR) is 349 cm³/mol. The summed E-state index contributed by atoms with van der Waals surface area (Å²) in [6.45, 7) is 12.2. The number of carbonyl (C=O) groups is 12. The maximum atomic E-state index is 14.5. The van der Waals surface area contributed by atoms with Gasteiger partial charge in [-0.25, -0.2) is 0 Å². The fourth-order valence-corrected chi connectivity index (χ4v) is 9.67. The van der Waals surface area contributed by atoms with Gasteiger partial charge in [0.1, 0.15) is 59.8 Å². The van der Waals surface area contributed by atoms with Crippen LogP contribution in [-0.4, -0.2) is 157 Å². The highest BCUT2D eigenvalue weighted by Crippen LogP contribution is 2.24. The zero-order valence-corrected chi connectivity index (χ0v) is 54.6. The number of azo groups is 1. The number of hydrogen-bond donors (Lipinski definition) is 14. The number of rotatable bonds is 15. The number of anilines is 1. The molecular formula is C65H93N15O14. The molecule has 1 aliphatic heterocycles. The zero-order valence-electron chi connectivity index (χ0n) is 54.6. The van der Waals surface area contributed by atoms with Crippen LogP contribution in [0.5, 0.6) is 11.5 Å². The number of ether oxygens (including phenoxy) is 1. The van der Waals surface area contributed by atoms with E-state index in [1.807, 2.05) is 20.8 Å². The van der Waals surface area contributed by atoms with Gasteiger partial charge in [-0.15, -0.1) is 10.2 Å². The second-order valence-corrected chi connectivity index (χ2v) is 23.6. The Morgan fingerprint density at radius 3 is 1.79 bits per heavy atom. The molecule has 1 aliphatic rings. The van der Waals surface area contributed by atoms with Crippen molar-refractivity contribution in [1.29, 1.82) is 0 Å². The summed E-state index contributed by atoms with van der Waals surface area (Å²) in [5, 5.41) is 43.4. The van der Waals surface area contributed by atoms with Crippen molar-refractivity contribution in [2.24, 2.45) is 45.2 Å². The molecule has 3 aromatic carbocycles. The van der Waals surface area contributed by atoms with Gasteiger partial charge in [-0.2, -0.15) is 0 Å². The molecule has 0 spiro atoms. The van der Waals surface area contributed by atoms with Crippen LogP contribution in [-0.2, 0) is 65.6 Å². The number of fused-ring (bicyclic) bond motifs is 2. The van der Waals surface area contributed by atoms with Crippen molar-refractivity contribution in [2.75, 3.05) is 32.1 Å². The smallest absolute Gasteiger partial charge is 0.313 e. The fourth-order valence-electron chi connectivity index (χ4n) is 9.67. The van der Waals surface area contributed by atoms with E-state index in [0.29, 0.717) is 36.8 Å². The number of nitrogens with one attached hydrogen (secondary N) is 10. The number of unbranched alkanes of at least 4 members (excludes halogenated alkanes) is 1. The van der Waals surface area contributed by atoms with E-state index in [2.05, 4.69) is 63.4 Å². The molecule has 94 heavy (non-hydrogen) atoms. The topological polar surface area (TPSA) is 457 Å². The monoisotopic (exact) mass is 1310 g/mol. The summed E-state index contributed by atoms with van der Waals surface area (Å²) in [4.78, 5) is 166. The Bertz CT molecular complexity index is 3160. The Balaban J connectivity index is 1.69. The maximum absolute atomic E-state index is 14.5. The molecule has 11 atom stereocenters. The summed E-state index contributed by atoms with van der Waals surface area (Å²) in [7, 11) is 1.23. The van der Waals surface area contributed by atoms with E-state index in [1.54, 1.807) is 51.1 Å². The lowest BCUT2D eigenvalue weighted by Gasteiger charge is -2.31. The van der Waals surface area contributed by atoms with Gasteiger partial charge in [0.2, 0.25) is 47.3 Å². The van der Waals surface area contributed by atoms with Crippen molar-refractivity contribution in [3.05, 3.63) is 102 Å². The molecular weight excluding hydrogens is 1210 g/mol. The highest BCUT2D eigenvalue weighted by atomic mass is 16.5. The first-order chi connectivity index (χ1) is 44.7. The highest BCUT2D eigenvalue weighted by Gasteiger charge is 2.37. The van der Waals surface area contributed by atoms with Crippen LogP contribution < -0.4 is 75.1 Å². The Morgan fingerprint density at radius 1 is 0.606 bits per heavy atom. The van der Waals surface area contributed by atoms with Gasteiger partial charge in [0.25, 0.3) is 11.8 Å². The van der Waals surface area contributed by atoms with Gasteiger partial charge < -0.3 is 80.2 Å². The fraction of sp³-hybridized carbons (Fsp3) is 0.508. The number of methoxy groups -OCH3 is 1. The molecule has 3 aromatic rings. The molecule has 2 bridgehead atoms. The van der Waals surface area contributed by atoms with Crippen LogP contribution >= 0.6 is 0 Å². The van der Waals surface area contributed by atoms with Crippen molar-refractivity contribution in [3.63, 3.8) is 0 Å². The van der Waals surface area contributed by atoms with Crippen LogP contribution in [0.15, 0.2) is 95.2 Å². The number of hydrogen-bond acceptors (Lipinski definition) is 17. The summed E-state index contributed by atoms with van der Waals surface area (Å²) in [6.07, 6.45) is 4.34. The molecule has 29 nitrogen and oxygen atoms in total. The van der Waals surface area contributed by atoms with Crippen molar-refractivity contribution < 1.29 is 67.4 Å². The second kappa shape index (κ2) is 39.2. The third-order valence-corrected chi connectivity index (χ3v) is 15.7. The molecule has 0 unspecified atom stereocenters. The summed E-state index contributed by atoms with van der Waals surface area (Å²) < 4.78 is 5.31. The van der Waals surface area contributed by atoms with E-state index in [0.717, 1.165) is 6.07 Å². The first-order valence-electron chi connectivity index (χ1n) is 31.6. The third-order valence-electron chi connectivity index (χ3n) is 15.7. The van der Waals surface area contributed by atoms with Gasteiger partial charge in [-0.05, 0) is 111 Å². The Kier molecular flexibility index (Phi) is 32.1. The molecule has 512 valence electrons. The lowest BCUT2D eigenvalue weighted by atomic mass is 9.94. The third kappa shape index (κ3) is 25.2. The molecule has 0 aromatic heterocycles. The van der Waals surface area contributed by atoms with Crippen molar-refractivity contribution in [1.82, 2.24) is 47.9 Å². The normalized spacial score (nSPS) is 24.1. The minimum absolute atomic E-state index is 0.0133. The van der Waals surface area contributed by atoms with Crippen molar-refractivity contribution in [3.8, 4) is 11.5 Å². The van der Waals surface area contributed by atoms with Gasteiger partial charge in [0.15, 0.2) is 0 Å². The number of carbonyl (C=O) groups excluding carboxylic acids is 12. The zero-order chi connectivity index (χ0) is 69.6. The second-order valence-electron chi connectivity index (χ2n) is 23.6. The average Bonchev–Trinajstić information content (AvgIpc) is 0.869. The molecule has 12 amide bonds. The van der Waals surface area contributed by atoms with Gasteiger partial charge >= 0.3 is 11.8 Å². The standard InChI is InChI=1S/C65H93N15O14/c1-9-37(5)52-62(90)75-49(33-40-18-12-11-13-19-40)61(89)74-48(32-36(3)4)59(87)70-31-17-21-46(68)57(85)80-79-55(83)44-35-42(25-28-51(44)94-8)72-64(92)65(93)76-50(34-41-23-26-43(81)27-24-41)60(88)73-47(22-14-15-29-66)58(86)69-30-16-20-45(67)56(84)71-39(7)54(82)77-53(38(6)10-2)63(91)78-52/h11-13,17-19,21,23-28,35-39,45-50,52-53,81H,9-10,14-16,20,22,29-34,66-68H2,1-8H3,(H,69,86)(H,70,87)(H,71,84)(H,72,92)(H,73,88)(H,74,89)(H,75,90)(H,76,93)(H,77,82)(H,78,91)/b21-17-,80-79?/t37-,38-,39-,45-,46-,47-,48-,49-,50-,52-,53-/m0/s1. The van der Waals surface area contributed by atoms with E-state index in [-0.39, 0.29) is 86.8 Å². The van der Waals surface area contributed by atoms with Crippen LogP contribution in [0.1, 0.15) is 121 Å². The SMILES string of the molecule is CC[C@H](C)[C@@H]1NC(=O)[C@H](C)NC(=O)[C@@H](N)CCCNC(=O)[C@H](CCCCN)NC(=O)[C@H](Cc2ccc(O)cc2)NC(=O)C(=O)Nc2ccc(OC)c(c2)C(=O)N=NC(=O)[C@@H](N)/C=C\CNC(=O)[C@H](CC(C)C)NC(=O)[C@H](Cc2ccccc2)NC(=O)[C@H]([C@@H](C)CC)NC1=O. The lowest BCUT2D eigenvalue weighted by Crippen LogP contribution is -2.61. The lowest BCUT2D eigenvalue weighted by molar-refractivity contribution is -0.138. The highest BCUT2D eigenvalue weighted by molar-refractivity contribution is 6.40. The molecule has 0 saturated carbocycles. The van der Waals surface area contributed by atoms with Gasteiger partial charge in [-0.1, -0.05) is 109 Å². The van der Waals surface area contributed by atoms with E-state index in [1.165, 1.54) is 62.6 Å². The van der Waals surface area contributed by atoms with Crippen LogP contribution in [0.25, 0.3) is 0 Å². The number of phenolic OH excluding ortho intramolecular Hbond substituents is 1. The predicted octanol–water partition coefficient (Wildman–Crippen LogP) is 0.861. The van der Waals surface area contributed by atoms with Crippen LogP contribution in [0.3, 0.4) is 0 Å². The van der Waals surface area contributed by atoms with E-state index >= 15 is 0 Å².